The maximum atomic E-state index is 13.2. The van der Waals surface area contributed by atoms with Crippen molar-refractivity contribution in [3.05, 3.63) is 59.4 Å². The van der Waals surface area contributed by atoms with E-state index in [4.69, 9.17) is 11.6 Å². The molecule has 0 fully saturated rings. The lowest BCUT2D eigenvalue weighted by Gasteiger charge is -2.15. The Bertz CT molecular complexity index is 1120. The molecule has 0 saturated heterocycles. The van der Waals surface area contributed by atoms with Crippen LogP contribution in [-0.2, 0) is 6.18 Å². The van der Waals surface area contributed by atoms with Crippen LogP contribution in [0.5, 0.6) is 0 Å². The molecule has 8 heteroatoms. The van der Waals surface area contributed by atoms with Gasteiger partial charge >= 0.3 is 6.18 Å². The van der Waals surface area contributed by atoms with Crippen molar-refractivity contribution in [2.75, 3.05) is 12.4 Å². The number of anilines is 1. The molecule has 2 aromatic heterocycles. The van der Waals surface area contributed by atoms with E-state index in [2.05, 4.69) is 10.3 Å². The lowest BCUT2D eigenvalue weighted by Crippen LogP contribution is -2.06. The Kier molecular flexibility index (Phi) is 3.99. The van der Waals surface area contributed by atoms with Crippen LogP contribution in [0.3, 0.4) is 0 Å². The minimum atomic E-state index is -4.55. The van der Waals surface area contributed by atoms with Gasteiger partial charge in [0, 0.05) is 35.8 Å². The zero-order chi connectivity index (χ0) is 19.3. The largest absolute Gasteiger partial charge is 0.434 e. The summed E-state index contributed by atoms with van der Waals surface area (Å²) in [5.74, 6) is -0.0429. The summed E-state index contributed by atoms with van der Waals surface area (Å²) in [7, 11) is 1.62. The first kappa shape index (κ1) is 17.6. The van der Waals surface area contributed by atoms with Crippen molar-refractivity contribution in [2.24, 2.45) is 0 Å². The topological polar surface area (TPSA) is 46.4 Å². The van der Waals surface area contributed by atoms with E-state index < -0.39 is 11.9 Å². The van der Waals surface area contributed by atoms with Gasteiger partial charge in [0.1, 0.15) is 0 Å². The third kappa shape index (κ3) is 2.88. The van der Waals surface area contributed by atoms with Crippen molar-refractivity contribution in [2.45, 2.75) is 12.6 Å². The molecule has 1 aliphatic rings. The molecule has 0 amide bonds. The molecule has 0 saturated carbocycles. The van der Waals surface area contributed by atoms with Gasteiger partial charge in [-0.15, -0.1) is 0 Å². The number of fused-ring (bicyclic) bond motifs is 2. The number of hydrogen-bond donors (Lipinski definition) is 1. The Morgan fingerprint density at radius 1 is 1.19 bits per heavy atom. The van der Waals surface area contributed by atoms with Crippen molar-refractivity contribution in [3.8, 4) is 11.3 Å². The highest BCUT2D eigenvalue weighted by atomic mass is 35.5. The number of ketones is 1. The van der Waals surface area contributed by atoms with E-state index in [9.17, 15) is 18.0 Å². The molecule has 138 valence electrons. The summed E-state index contributed by atoms with van der Waals surface area (Å²) in [6, 6.07) is 8.44. The van der Waals surface area contributed by atoms with Crippen molar-refractivity contribution >= 4 is 33.8 Å². The van der Waals surface area contributed by atoms with Crippen molar-refractivity contribution in [3.63, 3.8) is 0 Å². The van der Waals surface area contributed by atoms with Gasteiger partial charge in [-0.25, -0.2) is 4.98 Å². The van der Waals surface area contributed by atoms with Crippen LogP contribution in [0.25, 0.3) is 21.9 Å². The zero-order valence-corrected chi connectivity index (χ0v) is 14.8. The average molecular weight is 392 g/mol. The molecular weight excluding hydrogens is 379 g/mol. The Balaban J connectivity index is 1.95. The van der Waals surface area contributed by atoms with Crippen molar-refractivity contribution < 1.29 is 18.0 Å². The molecule has 4 rings (SSSR count). The first-order valence-corrected chi connectivity index (χ1v) is 8.48. The van der Waals surface area contributed by atoms with Crippen LogP contribution in [0.2, 0.25) is 0 Å². The molecule has 27 heavy (non-hydrogen) atoms. The first-order chi connectivity index (χ1) is 12.8. The number of Topliss-reactive ketones (excluding diaryl/α,β-unsaturated/α-hetero) is 1. The van der Waals surface area contributed by atoms with Gasteiger partial charge in [-0.2, -0.15) is 13.2 Å². The van der Waals surface area contributed by atoms with E-state index in [-0.39, 0.29) is 17.9 Å². The normalized spacial score (nSPS) is 14.3. The number of halogens is 4. The van der Waals surface area contributed by atoms with Crippen LogP contribution in [-0.4, -0.2) is 22.2 Å². The fourth-order valence-corrected chi connectivity index (χ4v) is 3.42. The molecule has 1 N–H and O–H groups in total. The quantitative estimate of drug-likeness (QED) is 0.650. The van der Waals surface area contributed by atoms with Crippen LogP contribution < -0.4 is 5.32 Å². The van der Waals surface area contributed by atoms with Gasteiger partial charge in [0.05, 0.1) is 11.4 Å². The minimum Gasteiger partial charge on any atom is -0.385 e. The summed E-state index contributed by atoms with van der Waals surface area (Å²) in [6.07, 6.45) is -1.71. The average Bonchev–Trinajstić information content (AvgIpc) is 3.09. The number of nitrogens with one attached hydrogen (secondary N) is 1. The summed E-state index contributed by atoms with van der Waals surface area (Å²) < 4.78 is 40.9. The summed E-state index contributed by atoms with van der Waals surface area (Å²) in [5.41, 5.74) is 1.89. The molecule has 2 heterocycles. The van der Waals surface area contributed by atoms with Crippen molar-refractivity contribution in [1.82, 2.24) is 9.38 Å². The number of aromatic nitrogens is 2. The molecule has 0 unspecified atom stereocenters. The minimum absolute atomic E-state index is 0.0429. The maximum Gasteiger partial charge on any atom is 0.434 e. The Labute approximate surface area is 157 Å². The van der Waals surface area contributed by atoms with E-state index in [0.29, 0.717) is 33.1 Å². The highest BCUT2D eigenvalue weighted by Gasteiger charge is 2.34. The van der Waals surface area contributed by atoms with Crippen LogP contribution in [0.1, 0.15) is 28.0 Å². The van der Waals surface area contributed by atoms with Gasteiger partial charge < -0.3 is 5.32 Å². The first-order valence-electron chi connectivity index (χ1n) is 8.10. The SMILES string of the molecule is CNc1ccc(-c2ccc3c(c2)C(Cl)=CCC3=O)n2cc(C(F)(F)F)nc12. The maximum absolute atomic E-state index is 13.2. The Morgan fingerprint density at radius 3 is 2.67 bits per heavy atom. The summed E-state index contributed by atoms with van der Waals surface area (Å²) in [4.78, 5) is 15.8. The number of nitrogens with zero attached hydrogens (tertiary/aromatic N) is 2. The standard InChI is InChI=1S/C19H13ClF3N3O/c1-24-14-5-6-15(26-9-17(19(21,22)23)25-18(14)26)10-2-3-11-12(8-10)13(20)4-7-16(11)27/h2-6,8-9,24H,7H2,1H3. The number of alkyl halides is 3. The molecule has 4 nitrogen and oxygen atoms in total. The van der Waals surface area contributed by atoms with E-state index in [0.717, 1.165) is 6.20 Å². The molecule has 1 aromatic carbocycles. The van der Waals surface area contributed by atoms with Gasteiger partial charge in [0.2, 0.25) is 0 Å². The van der Waals surface area contributed by atoms with Gasteiger partial charge in [0.15, 0.2) is 17.1 Å². The van der Waals surface area contributed by atoms with Crippen LogP contribution >= 0.6 is 11.6 Å². The third-order valence-corrected chi connectivity index (χ3v) is 4.87. The molecule has 1 aliphatic carbocycles. The lowest BCUT2D eigenvalue weighted by molar-refractivity contribution is -0.140. The Morgan fingerprint density at radius 2 is 1.96 bits per heavy atom. The third-order valence-electron chi connectivity index (χ3n) is 4.51. The smallest absolute Gasteiger partial charge is 0.385 e. The van der Waals surface area contributed by atoms with E-state index in [1.807, 2.05) is 0 Å². The molecular formula is C19H13ClF3N3O. The number of imidazole rings is 1. The molecule has 0 radical (unpaired) electrons. The molecule has 0 atom stereocenters. The second kappa shape index (κ2) is 6.13. The van der Waals surface area contributed by atoms with E-state index in [1.54, 1.807) is 43.5 Å². The predicted octanol–water partition coefficient (Wildman–Crippen LogP) is 5.23. The highest BCUT2D eigenvalue weighted by molar-refractivity contribution is 6.50. The predicted molar refractivity (Wildman–Crippen MR) is 98.0 cm³/mol. The van der Waals surface area contributed by atoms with Crippen LogP contribution in [0, 0.1) is 0 Å². The number of benzene rings is 1. The number of carbonyl (C=O) groups excluding carboxylic acids is 1. The fourth-order valence-electron chi connectivity index (χ4n) is 3.18. The summed E-state index contributed by atoms with van der Waals surface area (Å²) in [6.45, 7) is 0. The lowest BCUT2D eigenvalue weighted by atomic mass is 9.93. The van der Waals surface area contributed by atoms with Crippen LogP contribution in [0.15, 0.2) is 42.6 Å². The monoisotopic (exact) mass is 391 g/mol. The second-order valence-corrected chi connectivity index (χ2v) is 6.55. The molecule has 0 aliphatic heterocycles. The fraction of sp³-hybridized carbons (Fsp3) is 0.158. The molecule has 0 bridgehead atoms. The number of hydrogen-bond acceptors (Lipinski definition) is 3. The van der Waals surface area contributed by atoms with Gasteiger partial charge in [-0.1, -0.05) is 29.8 Å². The van der Waals surface area contributed by atoms with Gasteiger partial charge in [-0.3, -0.25) is 9.20 Å². The number of allylic oxidation sites excluding steroid dienone is 1. The number of pyridine rings is 1. The van der Waals surface area contributed by atoms with Crippen LogP contribution in [0.4, 0.5) is 18.9 Å². The Hall–Kier alpha value is -2.80. The zero-order valence-electron chi connectivity index (χ0n) is 14.1. The van der Waals surface area contributed by atoms with Gasteiger partial charge in [0.25, 0.3) is 0 Å². The van der Waals surface area contributed by atoms with E-state index >= 15 is 0 Å². The number of rotatable bonds is 2. The van der Waals surface area contributed by atoms with E-state index in [1.165, 1.54) is 4.40 Å². The second-order valence-electron chi connectivity index (χ2n) is 6.14. The van der Waals surface area contributed by atoms with Gasteiger partial charge in [-0.05, 0) is 23.8 Å². The molecule has 0 spiro atoms. The number of carbonyl (C=O) groups is 1. The van der Waals surface area contributed by atoms with Crippen molar-refractivity contribution in [1.29, 1.82) is 0 Å². The summed E-state index contributed by atoms with van der Waals surface area (Å²) >= 11 is 6.23. The highest BCUT2D eigenvalue weighted by Crippen LogP contribution is 2.36. The molecule has 3 aromatic rings. The summed E-state index contributed by atoms with van der Waals surface area (Å²) in [5, 5.41) is 3.31.